The second kappa shape index (κ2) is 4.72. The van der Waals surface area contributed by atoms with E-state index >= 15 is 0 Å². The molecule has 0 atom stereocenters. The zero-order valence-electron chi connectivity index (χ0n) is 9.12. The van der Waals surface area contributed by atoms with Crippen LogP contribution in [0.25, 0.3) is 0 Å². The molecule has 1 aromatic rings. The van der Waals surface area contributed by atoms with Gasteiger partial charge in [0.15, 0.2) is 0 Å². The number of aromatic hydroxyl groups is 1. The predicted molar refractivity (Wildman–Crippen MR) is 61.7 cm³/mol. The van der Waals surface area contributed by atoms with Crippen LogP contribution in [0, 0.1) is 0 Å². The van der Waals surface area contributed by atoms with E-state index in [1.807, 2.05) is 0 Å². The summed E-state index contributed by atoms with van der Waals surface area (Å²) in [6.07, 6.45) is 0. The van der Waals surface area contributed by atoms with Crippen LogP contribution in [0.4, 0.5) is 0 Å². The van der Waals surface area contributed by atoms with Crippen molar-refractivity contribution < 1.29 is 15.0 Å². The normalized spacial score (nSPS) is 11.2. The molecule has 0 unspecified atom stereocenters. The Morgan fingerprint density at radius 3 is 2.62 bits per heavy atom. The van der Waals surface area contributed by atoms with Gasteiger partial charge in [-0.2, -0.15) is 0 Å². The molecular formula is C11H14ClNO3. The average Bonchev–Trinajstić information content (AvgIpc) is 2.17. The van der Waals surface area contributed by atoms with E-state index in [2.05, 4.69) is 5.32 Å². The van der Waals surface area contributed by atoms with E-state index in [0.717, 1.165) is 0 Å². The van der Waals surface area contributed by atoms with E-state index < -0.39 is 5.60 Å². The fourth-order valence-corrected chi connectivity index (χ4v) is 1.23. The Kier molecular flexibility index (Phi) is 3.78. The van der Waals surface area contributed by atoms with Gasteiger partial charge < -0.3 is 15.5 Å². The Labute approximate surface area is 98.9 Å². The van der Waals surface area contributed by atoms with Gasteiger partial charge in [-0.3, -0.25) is 4.79 Å². The predicted octanol–water partition coefficient (Wildman–Crippen LogP) is 1.55. The molecule has 16 heavy (non-hydrogen) atoms. The number of halogens is 1. The first-order valence-corrected chi connectivity index (χ1v) is 5.16. The zero-order valence-corrected chi connectivity index (χ0v) is 9.88. The second-order valence-electron chi connectivity index (χ2n) is 4.16. The lowest BCUT2D eigenvalue weighted by Crippen LogP contribution is -2.38. The highest BCUT2D eigenvalue weighted by Crippen LogP contribution is 2.23. The topological polar surface area (TPSA) is 69.6 Å². The third-order valence-electron chi connectivity index (χ3n) is 1.89. The van der Waals surface area contributed by atoms with Gasteiger partial charge in [0.25, 0.3) is 5.91 Å². The van der Waals surface area contributed by atoms with Crippen LogP contribution >= 0.6 is 11.6 Å². The lowest BCUT2D eigenvalue weighted by molar-refractivity contribution is 0.0694. The van der Waals surface area contributed by atoms with Crippen molar-refractivity contribution in [3.63, 3.8) is 0 Å². The molecule has 0 aliphatic heterocycles. The van der Waals surface area contributed by atoms with Gasteiger partial charge in [-0.05, 0) is 32.0 Å². The monoisotopic (exact) mass is 243 g/mol. The number of phenols is 1. The first-order chi connectivity index (χ1) is 7.29. The molecule has 0 saturated carbocycles. The summed E-state index contributed by atoms with van der Waals surface area (Å²) >= 11 is 5.67. The Bertz CT molecular complexity index is 399. The highest BCUT2D eigenvalue weighted by molar-refractivity contribution is 6.32. The Balaban J connectivity index is 2.70. The summed E-state index contributed by atoms with van der Waals surface area (Å²) in [7, 11) is 0. The lowest BCUT2D eigenvalue weighted by atomic mass is 10.1. The number of benzene rings is 1. The van der Waals surface area contributed by atoms with Crippen LogP contribution in [-0.2, 0) is 0 Å². The minimum Gasteiger partial charge on any atom is -0.506 e. The molecule has 0 heterocycles. The fourth-order valence-electron chi connectivity index (χ4n) is 1.05. The summed E-state index contributed by atoms with van der Waals surface area (Å²) in [6.45, 7) is 3.33. The molecule has 3 N–H and O–H groups in total. The number of phenolic OH excluding ortho intramolecular Hbond substituents is 1. The maximum Gasteiger partial charge on any atom is 0.251 e. The summed E-state index contributed by atoms with van der Waals surface area (Å²) in [5.74, 6) is -0.412. The zero-order chi connectivity index (χ0) is 12.3. The van der Waals surface area contributed by atoms with Crippen molar-refractivity contribution in [2.24, 2.45) is 0 Å². The molecular weight excluding hydrogens is 230 g/mol. The lowest BCUT2D eigenvalue weighted by Gasteiger charge is -2.17. The molecule has 0 aliphatic rings. The number of amides is 1. The third kappa shape index (κ3) is 3.72. The van der Waals surface area contributed by atoms with Crippen molar-refractivity contribution >= 4 is 17.5 Å². The molecule has 1 aromatic carbocycles. The van der Waals surface area contributed by atoms with Gasteiger partial charge in [-0.25, -0.2) is 0 Å². The van der Waals surface area contributed by atoms with Gasteiger partial charge in [0.1, 0.15) is 5.75 Å². The Morgan fingerprint density at radius 1 is 1.50 bits per heavy atom. The van der Waals surface area contributed by atoms with Crippen LogP contribution < -0.4 is 5.32 Å². The molecule has 0 radical (unpaired) electrons. The Hall–Kier alpha value is -1.26. The molecule has 0 aliphatic carbocycles. The standard InChI is InChI=1S/C11H14ClNO3/c1-11(2,16)6-13-10(15)7-3-4-9(14)8(12)5-7/h3-5,14,16H,6H2,1-2H3,(H,13,15). The van der Waals surface area contributed by atoms with E-state index in [4.69, 9.17) is 11.6 Å². The van der Waals surface area contributed by atoms with Crippen LogP contribution in [-0.4, -0.2) is 28.3 Å². The van der Waals surface area contributed by atoms with E-state index in [-0.39, 0.29) is 23.2 Å². The van der Waals surface area contributed by atoms with Crippen LogP contribution in [0.1, 0.15) is 24.2 Å². The maximum absolute atomic E-state index is 11.6. The van der Waals surface area contributed by atoms with Crippen molar-refractivity contribution in [3.05, 3.63) is 28.8 Å². The third-order valence-corrected chi connectivity index (χ3v) is 2.19. The second-order valence-corrected chi connectivity index (χ2v) is 4.57. The molecule has 1 amide bonds. The van der Waals surface area contributed by atoms with E-state index in [1.165, 1.54) is 18.2 Å². The van der Waals surface area contributed by atoms with Gasteiger partial charge in [-0.15, -0.1) is 0 Å². The minimum absolute atomic E-state index is 0.0688. The number of rotatable bonds is 3. The Morgan fingerprint density at radius 2 is 2.12 bits per heavy atom. The molecule has 4 nitrogen and oxygen atoms in total. The molecule has 1 rings (SSSR count). The maximum atomic E-state index is 11.6. The average molecular weight is 244 g/mol. The summed E-state index contributed by atoms with van der Waals surface area (Å²) in [5.41, 5.74) is -0.622. The van der Waals surface area contributed by atoms with Crippen LogP contribution in [0.3, 0.4) is 0 Å². The van der Waals surface area contributed by atoms with Crippen molar-refractivity contribution in [1.29, 1.82) is 0 Å². The molecule has 0 fully saturated rings. The van der Waals surface area contributed by atoms with Crippen LogP contribution in [0.15, 0.2) is 18.2 Å². The van der Waals surface area contributed by atoms with Gasteiger partial charge in [-0.1, -0.05) is 11.6 Å². The quantitative estimate of drug-likeness (QED) is 0.754. The number of carbonyl (C=O) groups excluding carboxylic acids is 1. The summed E-state index contributed by atoms with van der Waals surface area (Å²) in [6, 6.07) is 4.18. The molecule has 0 saturated heterocycles. The summed E-state index contributed by atoms with van der Waals surface area (Å²) in [5, 5.41) is 21.3. The molecule has 0 aromatic heterocycles. The van der Waals surface area contributed by atoms with Crippen molar-refractivity contribution in [2.75, 3.05) is 6.54 Å². The van der Waals surface area contributed by atoms with Gasteiger partial charge in [0, 0.05) is 12.1 Å². The number of hydrogen-bond donors (Lipinski definition) is 3. The first-order valence-electron chi connectivity index (χ1n) is 4.79. The summed E-state index contributed by atoms with van der Waals surface area (Å²) in [4.78, 5) is 11.6. The number of carbonyl (C=O) groups is 1. The highest BCUT2D eigenvalue weighted by Gasteiger charge is 2.15. The van der Waals surface area contributed by atoms with Gasteiger partial charge in [0.05, 0.1) is 10.6 Å². The van der Waals surface area contributed by atoms with Crippen molar-refractivity contribution in [1.82, 2.24) is 5.32 Å². The van der Waals surface area contributed by atoms with Crippen LogP contribution in [0.5, 0.6) is 5.75 Å². The minimum atomic E-state index is -0.962. The smallest absolute Gasteiger partial charge is 0.251 e. The largest absolute Gasteiger partial charge is 0.506 e. The molecule has 0 bridgehead atoms. The van der Waals surface area contributed by atoms with E-state index in [9.17, 15) is 15.0 Å². The summed E-state index contributed by atoms with van der Waals surface area (Å²) < 4.78 is 0. The molecule has 5 heteroatoms. The molecule has 0 spiro atoms. The number of aliphatic hydroxyl groups is 1. The van der Waals surface area contributed by atoms with E-state index in [1.54, 1.807) is 13.8 Å². The fraction of sp³-hybridized carbons (Fsp3) is 0.364. The van der Waals surface area contributed by atoms with Crippen LogP contribution in [0.2, 0.25) is 5.02 Å². The van der Waals surface area contributed by atoms with Gasteiger partial charge in [0.2, 0.25) is 0 Å². The van der Waals surface area contributed by atoms with Gasteiger partial charge >= 0.3 is 0 Å². The number of nitrogens with one attached hydrogen (secondary N) is 1. The SMILES string of the molecule is CC(C)(O)CNC(=O)c1ccc(O)c(Cl)c1. The van der Waals surface area contributed by atoms with Crippen molar-refractivity contribution in [2.45, 2.75) is 19.4 Å². The number of hydrogen-bond acceptors (Lipinski definition) is 3. The first kappa shape index (κ1) is 12.8. The van der Waals surface area contributed by atoms with E-state index in [0.29, 0.717) is 5.56 Å². The van der Waals surface area contributed by atoms with Crippen molar-refractivity contribution in [3.8, 4) is 5.75 Å². The highest BCUT2D eigenvalue weighted by atomic mass is 35.5. The molecule has 88 valence electrons.